The van der Waals surface area contributed by atoms with Crippen LogP contribution in [-0.4, -0.2) is 25.1 Å². The highest BCUT2D eigenvalue weighted by Crippen LogP contribution is 2.23. The summed E-state index contributed by atoms with van der Waals surface area (Å²) in [5.41, 5.74) is 1.04. The van der Waals surface area contributed by atoms with Crippen LogP contribution in [-0.2, 0) is 11.3 Å². The molecule has 118 valence electrons. The Morgan fingerprint density at radius 1 is 1.29 bits per heavy atom. The third kappa shape index (κ3) is 7.48. The van der Waals surface area contributed by atoms with E-state index >= 15 is 0 Å². The number of carbonyl (C=O) groups excluding carboxylic acids is 1. The zero-order valence-electron chi connectivity index (χ0n) is 13.2. The van der Waals surface area contributed by atoms with Crippen molar-refractivity contribution in [2.24, 2.45) is 5.92 Å². The molecule has 0 unspecified atom stereocenters. The van der Waals surface area contributed by atoms with Crippen molar-refractivity contribution in [2.75, 3.05) is 13.2 Å². The van der Waals surface area contributed by atoms with Crippen LogP contribution in [0.2, 0.25) is 0 Å². The summed E-state index contributed by atoms with van der Waals surface area (Å²) >= 11 is 3.47. The second-order valence-electron chi connectivity index (χ2n) is 5.79. The molecule has 0 fully saturated rings. The molecule has 0 radical (unpaired) electrons. The van der Waals surface area contributed by atoms with Gasteiger partial charge in [0.2, 0.25) is 0 Å². The van der Waals surface area contributed by atoms with Crippen LogP contribution in [0.3, 0.4) is 0 Å². The monoisotopic (exact) mass is 356 g/mol. The van der Waals surface area contributed by atoms with Crippen molar-refractivity contribution < 1.29 is 9.53 Å². The van der Waals surface area contributed by atoms with E-state index in [4.69, 9.17) is 4.74 Å². The molecule has 1 rings (SSSR count). The van der Waals surface area contributed by atoms with Crippen molar-refractivity contribution >= 4 is 21.8 Å². The predicted octanol–water partition coefficient (Wildman–Crippen LogP) is 3.10. The van der Waals surface area contributed by atoms with Crippen molar-refractivity contribution in [1.29, 1.82) is 0 Å². The van der Waals surface area contributed by atoms with Crippen molar-refractivity contribution in [2.45, 2.75) is 40.3 Å². The summed E-state index contributed by atoms with van der Waals surface area (Å²) in [4.78, 5) is 11.6. The molecule has 21 heavy (non-hydrogen) atoms. The average molecular weight is 357 g/mol. The van der Waals surface area contributed by atoms with Gasteiger partial charge in [-0.05, 0) is 44.5 Å². The summed E-state index contributed by atoms with van der Waals surface area (Å²) < 4.78 is 6.64. The smallest absolute Gasteiger partial charge is 0.258 e. The van der Waals surface area contributed by atoms with Crippen LogP contribution in [0.5, 0.6) is 5.75 Å². The lowest BCUT2D eigenvalue weighted by Gasteiger charge is -2.14. The van der Waals surface area contributed by atoms with Gasteiger partial charge < -0.3 is 15.4 Å². The van der Waals surface area contributed by atoms with Crippen LogP contribution in [0.1, 0.15) is 33.3 Å². The van der Waals surface area contributed by atoms with Gasteiger partial charge in [-0.15, -0.1) is 0 Å². The molecular weight excluding hydrogens is 332 g/mol. The Bertz CT molecular complexity index is 462. The van der Waals surface area contributed by atoms with Crippen molar-refractivity contribution in [3.05, 3.63) is 28.2 Å². The molecule has 0 saturated heterocycles. The van der Waals surface area contributed by atoms with Crippen molar-refractivity contribution in [1.82, 2.24) is 10.6 Å². The van der Waals surface area contributed by atoms with E-state index < -0.39 is 0 Å². The van der Waals surface area contributed by atoms with Gasteiger partial charge >= 0.3 is 0 Å². The fourth-order valence-electron chi connectivity index (χ4n) is 1.83. The number of benzene rings is 1. The van der Waals surface area contributed by atoms with Crippen LogP contribution in [0.4, 0.5) is 0 Å². The molecule has 4 nitrogen and oxygen atoms in total. The molecule has 0 atom stereocenters. The Balaban J connectivity index is 2.61. The summed E-state index contributed by atoms with van der Waals surface area (Å²) in [5, 5.41) is 6.20. The first-order valence-electron chi connectivity index (χ1n) is 7.29. The van der Waals surface area contributed by atoms with E-state index in [1.54, 1.807) is 0 Å². The zero-order valence-corrected chi connectivity index (χ0v) is 14.8. The van der Waals surface area contributed by atoms with Crippen LogP contribution in [0.25, 0.3) is 0 Å². The van der Waals surface area contributed by atoms with E-state index in [1.807, 2.05) is 32.0 Å². The highest BCUT2D eigenvalue weighted by Gasteiger charge is 2.08. The minimum atomic E-state index is -0.103. The number of nitrogens with one attached hydrogen (secondary N) is 2. The Labute approximate surface area is 135 Å². The summed E-state index contributed by atoms with van der Waals surface area (Å²) in [5.74, 6) is 1.24. The fourth-order valence-corrected chi connectivity index (χ4v) is 2.24. The lowest BCUT2D eigenvalue weighted by atomic mass is 10.2. The molecule has 2 N–H and O–H groups in total. The largest absolute Gasteiger partial charge is 0.483 e. The summed E-state index contributed by atoms with van der Waals surface area (Å²) in [6.45, 7) is 9.90. The van der Waals surface area contributed by atoms with Gasteiger partial charge in [-0.3, -0.25) is 4.79 Å². The molecule has 0 aliphatic heterocycles. The number of rotatable bonds is 8. The maximum Gasteiger partial charge on any atom is 0.258 e. The SMILES string of the molecule is CC(C)CNCc1cc(Br)ccc1OCC(=O)NC(C)C. The first kappa shape index (κ1) is 18.0. The Morgan fingerprint density at radius 2 is 2.00 bits per heavy atom. The van der Waals surface area contributed by atoms with Crippen molar-refractivity contribution in [3.8, 4) is 5.75 Å². The van der Waals surface area contributed by atoms with Gasteiger partial charge in [0.15, 0.2) is 6.61 Å². The average Bonchev–Trinajstić information content (AvgIpc) is 2.36. The van der Waals surface area contributed by atoms with Gasteiger partial charge in [0.05, 0.1) is 0 Å². The molecule has 0 aliphatic carbocycles. The minimum absolute atomic E-state index is 0.0387. The molecule has 0 bridgehead atoms. The lowest BCUT2D eigenvalue weighted by molar-refractivity contribution is -0.123. The predicted molar refractivity (Wildman–Crippen MR) is 89.5 cm³/mol. The van der Waals surface area contributed by atoms with Gasteiger partial charge in [-0.25, -0.2) is 0 Å². The van der Waals surface area contributed by atoms with Crippen molar-refractivity contribution in [3.63, 3.8) is 0 Å². The van der Waals surface area contributed by atoms with E-state index in [0.717, 1.165) is 28.9 Å². The molecular formula is C16H25BrN2O2. The van der Waals surface area contributed by atoms with Gasteiger partial charge in [-0.1, -0.05) is 29.8 Å². The van der Waals surface area contributed by atoms with Crippen LogP contribution < -0.4 is 15.4 Å². The maximum absolute atomic E-state index is 11.6. The van der Waals surface area contributed by atoms with Gasteiger partial charge in [0.25, 0.3) is 5.91 Å². The summed E-state index contributed by atoms with van der Waals surface area (Å²) in [7, 11) is 0. The molecule has 0 heterocycles. The van der Waals surface area contributed by atoms with E-state index in [9.17, 15) is 4.79 Å². The molecule has 1 aromatic rings. The number of ether oxygens (including phenoxy) is 1. The minimum Gasteiger partial charge on any atom is -0.483 e. The summed E-state index contributed by atoms with van der Waals surface area (Å²) in [6, 6.07) is 5.95. The molecule has 0 spiro atoms. The molecule has 0 aromatic heterocycles. The molecule has 0 aliphatic rings. The zero-order chi connectivity index (χ0) is 15.8. The number of halogens is 1. The van der Waals surface area contributed by atoms with E-state index in [-0.39, 0.29) is 18.6 Å². The first-order chi connectivity index (χ1) is 9.88. The highest BCUT2D eigenvalue weighted by atomic mass is 79.9. The van der Waals surface area contributed by atoms with Gasteiger partial charge in [-0.2, -0.15) is 0 Å². The summed E-state index contributed by atoms with van der Waals surface area (Å²) in [6.07, 6.45) is 0. The molecule has 0 saturated carbocycles. The topological polar surface area (TPSA) is 50.4 Å². The van der Waals surface area contributed by atoms with E-state index in [0.29, 0.717) is 5.92 Å². The highest BCUT2D eigenvalue weighted by molar-refractivity contribution is 9.10. The van der Waals surface area contributed by atoms with Crippen LogP contribution in [0, 0.1) is 5.92 Å². The number of hydrogen-bond acceptors (Lipinski definition) is 3. The Kier molecular flexibility index (Phi) is 7.75. The lowest BCUT2D eigenvalue weighted by Crippen LogP contribution is -2.34. The number of amides is 1. The molecule has 1 aromatic carbocycles. The quantitative estimate of drug-likeness (QED) is 0.752. The number of hydrogen-bond donors (Lipinski definition) is 2. The Morgan fingerprint density at radius 3 is 2.62 bits per heavy atom. The molecule has 1 amide bonds. The van der Waals surface area contributed by atoms with Gasteiger partial charge in [0, 0.05) is 22.6 Å². The normalized spacial score (nSPS) is 11.0. The van der Waals surface area contributed by atoms with Crippen LogP contribution in [0.15, 0.2) is 22.7 Å². The second-order valence-corrected chi connectivity index (χ2v) is 6.70. The maximum atomic E-state index is 11.6. The third-order valence-corrected chi connectivity index (χ3v) is 3.19. The second kappa shape index (κ2) is 9.05. The molecule has 5 heteroatoms. The van der Waals surface area contributed by atoms with Crippen LogP contribution >= 0.6 is 15.9 Å². The fraction of sp³-hybridized carbons (Fsp3) is 0.562. The van der Waals surface area contributed by atoms with E-state index in [2.05, 4.69) is 40.4 Å². The Hall–Kier alpha value is -1.07. The standard InChI is InChI=1S/C16H25BrN2O2/c1-11(2)8-18-9-13-7-14(17)5-6-15(13)21-10-16(20)19-12(3)4/h5-7,11-12,18H,8-10H2,1-4H3,(H,19,20). The van der Waals surface area contributed by atoms with E-state index in [1.165, 1.54) is 0 Å². The number of carbonyl (C=O) groups is 1. The first-order valence-corrected chi connectivity index (χ1v) is 8.09. The van der Waals surface area contributed by atoms with Gasteiger partial charge in [0.1, 0.15) is 5.75 Å². The third-order valence-electron chi connectivity index (χ3n) is 2.70.